The molecule has 3 aliphatic rings. The van der Waals surface area contributed by atoms with Crippen molar-refractivity contribution in [1.82, 2.24) is 19.6 Å². The highest BCUT2D eigenvalue weighted by Gasteiger charge is 2.62. The molecule has 0 bridgehead atoms. The van der Waals surface area contributed by atoms with E-state index in [1.165, 1.54) is 0 Å². The van der Waals surface area contributed by atoms with Gasteiger partial charge in [0.05, 0.1) is 22.9 Å². The number of nitrogens with one attached hydrogen (secondary N) is 1. The molecule has 11 nitrogen and oxygen atoms in total. The molecule has 2 heterocycles. The van der Waals surface area contributed by atoms with E-state index in [1.54, 1.807) is 58.1 Å². The molecule has 1 spiro atoms. The van der Waals surface area contributed by atoms with Crippen molar-refractivity contribution in [3.63, 3.8) is 0 Å². The highest BCUT2D eigenvalue weighted by atomic mass is 16.4. The first-order valence-electron chi connectivity index (χ1n) is 18.5. The van der Waals surface area contributed by atoms with Crippen molar-refractivity contribution in [2.75, 3.05) is 25.0 Å². The number of nitrogens with zero attached hydrogens (tertiary/aromatic N) is 4. The number of aliphatic hydroxyl groups excluding tert-OH is 1. The van der Waals surface area contributed by atoms with Crippen LogP contribution in [0.4, 0.5) is 5.69 Å². The average molecular weight is 708 g/mol. The molecule has 1 saturated heterocycles. The third-order valence-electron chi connectivity index (χ3n) is 10.7. The molecule has 3 amide bonds. The van der Waals surface area contributed by atoms with Gasteiger partial charge in [-0.15, -0.1) is 0 Å². The minimum atomic E-state index is -1.36. The second kappa shape index (κ2) is 15.7. The molecule has 2 fully saturated rings. The maximum absolute atomic E-state index is 14.8. The molecule has 1 aliphatic heterocycles. The fraction of sp³-hybridized carbons (Fsp3) is 0.439. The Hall–Kier alpha value is -5.03. The van der Waals surface area contributed by atoms with E-state index < -0.39 is 29.4 Å². The first-order chi connectivity index (χ1) is 25.1. The number of carbonyl (C=O) groups is 4. The van der Waals surface area contributed by atoms with Crippen LogP contribution in [0, 0.1) is 24.7 Å². The summed E-state index contributed by atoms with van der Waals surface area (Å²) in [5, 5.41) is 28.5. The summed E-state index contributed by atoms with van der Waals surface area (Å²) in [6.07, 6.45) is 12.3. The topological polar surface area (TPSA) is 145 Å². The summed E-state index contributed by atoms with van der Waals surface area (Å²) in [4.78, 5) is 57.9. The number of aromatic nitrogens is 2. The third-order valence-corrected chi connectivity index (χ3v) is 10.7. The van der Waals surface area contributed by atoms with Crippen molar-refractivity contribution in [2.24, 2.45) is 17.8 Å². The lowest BCUT2D eigenvalue weighted by Crippen LogP contribution is -2.53. The third kappa shape index (κ3) is 7.60. The van der Waals surface area contributed by atoms with Crippen LogP contribution in [-0.2, 0) is 16.0 Å². The number of hydrogen-bond acceptors (Lipinski definition) is 6. The highest BCUT2D eigenvalue weighted by molar-refractivity contribution is 6.06. The Morgan fingerprint density at radius 1 is 0.962 bits per heavy atom. The lowest BCUT2D eigenvalue weighted by Gasteiger charge is -2.44. The summed E-state index contributed by atoms with van der Waals surface area (Å²) >= 11 is 0. The van der Waals surface area contributed by atoms with Crippen molar-refractivity contribution in [3.8, 4) is 5.69 Å². The molecule has 274 valence electrons. The van der Waals surface area contributed by atoms with Gasteiger partial charge in [0.15, 0.2) is 5.69 Å². The number of likely N-dealkylation sites (tertiary alicyclic amines) is 1. The van der Waals surface area contributed by atoms with E-state index in [0.29, 0.717) is 49.4 Å². The molecule has 5 atom stereocenters. The maximum atomic E-state index is 14.8. The molecule has 2 aromatic carbocycles. The summed E-state index contributed by atoms with van der Waals surface area (Å²) in [6, 6.07) is 15.5. The summed E-state index contributed by atoms with van der Waals surface area (Å²) < 4.78 is 1.59. The van der Waals surface area contributed by atoms with Gasteiger partial charge in [-0.2, -0.15) is 5.10 Å². The van der Waals surface area contributed by atoms with Gasteiger partial charge in [0.2, 0.25) is 5.91 Å². The maximum Gasteiger partial charge on any atom is 0.316 e. The molecule has 52 heavy (non-hydrogen) atoms. The minimum Gasteiger partial charge on any atom is -0.481 e. The normalized spacial score (nSPS) is 22.2. The summed E-state index contributed by atoms with van der Waals surface area (Å²) in [6.45, 7) is 7.67. The summed E-state index contributed by atoms with van der Waals surface area (Å²) in [5.74, 6) is -3.54. The van der Waals surface area contributed by atoms with Crippen LogP contribution in [0.1, 0.15) is 84.5 Å². The first-order valence-corrected chi connectivity index (χ1v) is 18.5. The van der Waals surface area contributed by atoms with Gasteiger partial charge in [0.1, 0.15) is 5.92 Å². The van der Waals surface area contributed by atoms with Crippen molar-refractivity contribution in [1.29, 1.82) is 0 Å². The number of anilines is 1. The van der Waals surface area contributed by atoms with E-state index in [-0.39, 0.29) is 47.0 Å². The molecule has 1 saturated carbocycles. The smallest absolute Gasteiger partial charge is 0.316 e. The van der Waals surface area contributed by atoms with Crippen LogP contribution < -0.4 is 5.32 Å². The molecule has 5 unspecified atom stereocenters. The number of hydrogen-bond donors (Lipinski definition) is 3. The van der Waals surface area contributed by atoms with Crippen LogP contribution in [0.15, 0.2) is 78.9 Å². The molecule has 2 aliphatic carbocycles. The Kier molecular flexibility index (Phi) is 11.1. The number of rotatable bonds is 14. The quantitative estimate of drug-likeness (QED) is 0.179. The zero-order valence-electron chi connectivity index (χ0n) is 30.2. The fourth-order valence-corrected chi connectivity index (χ4v) is 7.58. The number of fused-ring (bicyclic) bond motifs is 1. The van der Waals surface area contributed by atoms with Gasteiger partial charge in [-0.05, 0) is 68.4 Å². The van der Waals surface area contributed by atoms with Crippen molar-refractivity contribution < 1.29 is 29.4 Å². The average Bonchev–Trinajstić information content (AvgIpc) is 3.60. The second-order valence-corrected chi connectivity index (χ2v) is 14.4. The highest BCUT2D eigenvalue weighted by Crippen LogP contribution is 2.53. The van der Waals surface area contributed by atoms with Crippen LogP contribution in [0.3, 0.4) is 0 Å². The van der Waals surface area contributed by atoms with E-state index in [2.05, 4.69) is 31.3 Å². The largest absolute Gasteiger partial charge is 0.481 e. The van der Waals surface area contributed by atoms with Gasteiger partial charge < -0.3 is 25.3 Å². The van der Waals surface area contributed by atoms with Gasteiger partial charge >= 0.3 is 5.97 Å². The molecular weight excluding hydrogens is 658 g/mol. The number of benzene rings is 2. The number of carboxylic acid groups (broad SMARTS) is 1. The van der Waals surface area contributed by atoms with Gasteiger partial charge in [0.25, 0.3) is 11.8 Å². The number of aliphatic hydroxyl groups is 1. The van der Waals surface area contributed by atoms with Crippen LogP contribution in [0.25, 0.3) is 5.69 Å². The first kappa shape index (κ1) is 36.8. The molecule has 0 radical (unpaired) electrons. The molecule has 1 aromatic heterocycles. The number of allylic oxidation sites excluding steroid dienone is 3. The number of carboxylic acids is 1. The van der Waals surface area contributed by atoms with Crippen LogP contribution in [0.5, 0.6) is 0 Å². The summed E-state index contributed by atoms with van der Waals surface area (Å²) in [5.41, 5.74) is 1.81. The molecular formula is C41H49N5O6. The van der Waals surface area contributed by atoms with Gasteiger partial charge in [-0.1, -0.05) is 81.3 Å². The monoisotopic (exact) mass is 707 g/mol. The Morgan fingerprint density at radius 2 is 1.63 bits per heavy atom. The van der Waals surface area contributed by atoms with Crippen molar-refractivity contribution in [2.45, 2.75) is 77.4 Å². The SMILES string of the molecule is CCCCN(CCCC)C(=O)c1cc(C)n(-c2ccc(NC(=O)C(Cc3ccccc3)C(=O)O)cc2C(=O)N2CC3C=CC=CC3CC23CC3O)n1. The van der Waals surface area contributed by atoms with Crippen molar-refractivity contribution >= 4 is 29.4 Å². The predicted octanol–water partition coefficient (Wildman–Crippen LogP) is 5.81. The molecule has 3 aromatic rings. The van der Waals surface area contributed by atoms with E-state index in [0.717, 1.165) is 25.7 Å². The van der Waals surface area contributed by atoms with E-state index in [1.807, 2.05) is 30.0 Å². The van der Waals surface area contributed by atoms with Crippen LogP contribution >= 0.6 is 0 Å². The number of aryl methyl sites for hydroxylation is 1. The van der Waals surface area contributed by atoms with Crippen molar-refractivity contribution in [3.05, 3.63) is 101 Å². The second-order valence-electron chi connectivity index (χ2n) is 14.4. The Morgan fingerprint density at radius 3 is 2.27 bits per heavy atom. The van der Waals surface area contributed by atoms with Crippen LogP contribution in [0.2, 0.25) is 0 Å². The lowest BCUT2D eigenvalue weighted by molar-refractivity contribution is -0.145. The number of carbonyl (C=O) groups excluding carboxylic acids is 3. The fourth-order valence-electron chi connectivity index (χ4n) is 7.58. The van der Waals surface area contributed by atoms with E-state index in [4.69, 9.17) is 5.10 Å². The standard InChI is InChI=1S/C41H49N5O6/c1-4-6-19-44(20-7-5-2)39(50)34-21-27(3)46(43-34)35-18-17-31(42-37(48)33(40(51)52)22-28-13-9-8-10-14-28)23-32(35)38(49)45-26-30-16-12-11-15-29(30)24-41(45)25-36(41)47/h8-18,21,23,29-30,33,36,47H,4-7,19-20,22,24-26H2,1-3H3,(H,42,48)(H,51,52). The van der Waals surface area contributed by atoms with E-state index >= 15 is 0 Å². The Bertz CT molecular complexity index is 1860. The number of unbranched alkanes of at least 4 members (excludes halogenated alkanes) is 2. The molecule has 6 rings (SSSR count). The molecule has 3 N–H and O–H groups in total. The Labute approximate surface area is 305 Å². The van der Waals surface area contributed by atoms with Gasteiger partial charge in [-0.3, -0.25) is 19.2 Å². The Balaban J connectivity index is 1.37. The van der Waals surface area contributed by atoms with Crippen LogP contribution in [-0.4, -0.2) is 84.8 Å². The zero-order valence-corrected chi connectivity index (χ0v) is 30.2. The predicted molar refractivity (Wildman–Crippen MR) is 198 cm³/mol. The van der Waals surface area contributed by atoms with Gasteiger partial charge in [-0.25, -0.2) is 4.68 Å². The number of amides is 3. The lowest BCUT2D eigenvalue weighted by atomic mass is 9.78. The zero-order chi connectivity index (χ0) is 37.0. The van der Waals surface area contributed by atoms with Gasteiger partial charge in [0, 0.05) is 43.4 Å². The molecule has 11 heteroatoms. The van der Waals surface area contributed by atoms with E-state index in [9.17, 15) is 29.4 Å². The number of aliphatic carboxylic acids is 1. The summed E-state index contributed by atoms with van der Waals surface area (Å²) in [7, 11) is 0. The minimum absolute atomic E-state index is 0.00139. The number of piperidine rings is 1.